The topological polar surface area (TPSA) is 101 Å². The molecule has 0 bridgehead atoms. The Kier molecular flexibility index (Phi) is 8.51. The summed E-state index contributed by atoms with van der Waals surface area (Å²) in [6.45, 7) is 16.9. The Labute approximate surface area is 159 Å². The molecule has 154 valence electrons. The number of ether oxygens (including phenoxy) is 1. The average molecular weight is 372 g/mol. The van der Waals surface area contributed by atoms with Crippen molar-refractivity contribution in [3.05, 3.63) is 0 Å². The molecular formula is C21H41NO4. The van der Waals surface area contributed by atoms with Crippen molar-refractivity contribution in [1.82, 2.24) is 0 Å². The molecule has 5 nitrogen and oxygen atoms in total. The Morgan fingerprint density at radius 3 is 2.15 bits per heavy atom. The van der Waals surface area contributed by atoms with Crippen LogP contribution in [0.3, 0.4) is 0 Å². The van der Waals surface area contributed by atoms with Gasteiger partial charge in [0.05, 0.1) is 12.5 Å². The van der Waals surface area contributed by atoms with Crippen LogP contribution in [0, 0.1) is 28.1 Å². The Morgan fingerprint density at radius 2 is 1.77 bits per heavy atom. The summed E-state index contributed by atoms with van der Waals surface area (Å²) in [5, 5.41) is 0. The fraction of sp³-hybridized carbons (Fsp3) is 0.905. The van der Waals surface area contributed by atoms with Crippen LogP contribution in [-0.2, 0) is 14.3 Å². The molecule has 0 aliphatic heterocycles. The molecule has 0 radical (unpaired) electrons. The highest BCUT2D eigenvalue weighted by Crippen LogP contribution is 2.57. The summed E-state index contributed by atoms with van der Waals surface area (Å²) >= 11 is 0. The van der Waals surface area contributed by atoms with Crippen molar-refractivity contribution in [3.63, 3.8) is 0 Å². The fourth-order valence-electron chi connectivity index (χ4n) is 4.73. The van der Waals surface area contributed by atoms with Crippen LogP contribution in [0.1, 0.15) is 81.1 Å². The van der Waals surface area contributed by atoms with Gasteiger partial charge in [-0.2, -0.15) is 0 Å². The second-order valence-electron chi connectivity index (χ2n) is 10.0. The summed E-state index contributed by atoms with van der Waals surface area (Å²) in [5.74, 6) is -0.229. The van der Waals surface area contributed by atoms with Crippen molar-refractivity contribution in [2.75, 3.05) is 6.54 Å². The molecule has 1 rings (SSSR count). The second-order valence-corrected chi connectivity index (χ2v) is 10.0. The summed E-state index contributed by atoms with van der Waals surface area (Å²) in [5.41, 5.74) is 5.47. The second kappa shape index (κ2) is 8.83. The SMILES string of the molecule is CCC1(C(=O)[C@@H](CC(=O)OC(C)C)C(C)(C)C)CC(C)(C)C[C@H]1CN.O. The number of hydrogen-bond donors (Lipinski definition) is 1. The van der Waals surface area contributed by atoms with Gasteiger partial charge in [0.1, 0.15) is 5.78 Å². The van der Waals surface area contributed by atoms with E-state index in [-0.39, 0.29) is 52.4 Å². The predicted molar refractivity (Wildman–Crippen MR) is 106 cm³/mol. The van der Waals surface area contributed by atoms with E-state index in [0.29, 0.717) is 6.54 Å². The average Bonchev–Trinajstić information content (AvgIpc) is 2.73. The molecule has 0 amide bonds. The molecule has 4 N–H and O–H groups in total. The van der Waals surface area contributed by atoms with Crippen LogP contribution in [0.2, 0.25) is 0 Å². The highest BCUT2D eigenvalue weighted by Gasteiger charge is 2.56. The number of nitrogens with two attached hydrogens (primary N) is 1. The summed E-state index contributed by atoms with van der Waals surface area (Å²) in [6.07, 6.45) is 2.59. The van der Waals surface area contributed by atoms with E-state index in [9.17, 15) is 9.59 Å². The van der Waals surface area contributed by atoms with E-state index in [2.05, 4.69) is 20.8 Å². The minimum Gasteiger partial charge on any atom is -0.463 e. The van der Waals surface area contributed by atoms with Crippen LogP contribution in [0.15, 0.2) is 0 Å². The maximum Gasteiger partial charge on any atom is 0.306 e. The minimum atomic E-state index is -0.422. The van der Waals surface area contributed by atoms with E-state index in [1.807, 2.05) is 34.6 Å². The normalized spacial score (nSPS) is 26.3. The monoisotopic (exact) mass is 371 g/mol. The van der Waals surface area contributed by atoms with Gasteiger partial charge in [-0.25, -0.2) is 0 Å². The molecule has 0 aromatic carbocycles. The first-order chi connectivity index (χ1) is 11.3. The van der Waals surface area contributed by atoms with E-state index >= 15 is 0 Å². The fourth-order valence-corrected chi connectivity index (χ4v) is 4.73. The lowest BCUT2D eigenvalue weighted by molar-refractivity contribution is -0.154. The van der Waals surface area contributed by atoms with Crippen molar-refractivity contribution in [1.29, 1.82) is 0 Å². The molecule has 1 fully saturated rings. The van der Waals surface area contributed by atoms with Gasteiger partial charge in [0.15, 0.2) is 0 Å². The van der Waals surface area contributed by atoms with Crippen LogP contribution < -0.4 is 5.73 Å². The molecule has 1 saturated carbocycles. The molecule has 0 aromatic rings. The maximum atomic E-state index is 13.8. The third-order valence-corrected chi connectivity index (χ3v) is 5.88. The van der Waals surface area contributed by atoms with Crippen molar-refractivity contribution < 1.29 is 19.8 Å². The van der Waals surface area contributed by atoms with E-state index in [1.54, 1.807) is 0 Å². The predicted octanol–water partition coefficient (Wildman–Crippen LogP) is 3.53. The Morgan fingerprint density at radius 1 is 1.23 bits per heavy atom. The summed E-state index contributed by atoms with van der Waals surface area (Å²) in [6, 6.07) is 0. The maximum absolute atomic E-state index is 13.8. The van der Waals surface area contributed by atoms with Gasteiger partial charge in [-0.3, -0.25) is 9.59 Å². The van der Waals surface area contributed by atoms with E-state index in [4.69, 9.17) is 10.5 Å². The zero-order valence-corrected chi connectivity index (χ0v) is 18.1. The first-order valence-electron chi connectivity index (χ1n) is 9.73. The Balaban J connectivity index is 0.00000625. The zero-order valence-electron chi connectivity index (χ0n) is 18.1. The number of ketones is 1. The lowest BCUT2D eigenvalue weighted by atomic mass is 9.62. The molecule has 1 unspecified atom stereocenters. The van der Waals surface area contributed by atoms with Gasteiger partial charge >= 0.3 is 5.97 Å². The molecule has 5 heteroatoms. The number of hydrogen-bond acceptors (Lipinski definition) is 4. The van der Waals surface area contributed by atoms with Gasteiger partial charge < -0.3 is 15.9 Å². The molecule has 0 spiro atoms. The number of rotatable bonds is 7. The van der Waals surface area contributed by atoms with Gasteiger partial charge in [-0.1, -0.05) is 41.5 Å². The molecule has 0 saturated heterocycles. The Hall–Kier alpha value is -0.940. The quantitative estimate of drug-likeness (QED) is 0.692. The molecule has 1 aliphatic carbocycles. The smallest absolute Gasteiger partial charge is 0.306 e. The zero-order chi connectivity index (χ0) is 19.6. The third kappa shape index (κ3) is 5.53. The van der Waals surface area contributed by atoms with Gasteiger partial charge in [0, 0.05) is 11.3 Å². The molecule has 0 aromatic heterocycles. The van der Waals surface area contributed by atoms with Gasteiger partial charge in [-0.15, -0.1) is 0 Å². The molecule has 3 atom stereocenters. The lowest BCUT2D eigenvalue weighted by Crippen LogP contribution is -2.46. The van der Waals surface area contributed by atoms with Gasteiger partial charge in [0.2, 0.25) is 0 Å². The molecule has 1 aliphatic rings. The summed E-state index contributed by atoms with van der Waals surface area (Å²) in [4.78, 5) is 26.1. The largest absolute Gasteiger partial charge is 0.463 e. The van der Waals surface area contributed by atoms with Crippen LogP contribution in [0.4, 0.5) is 0 Å². The van der Waals surface area contributed by atoms with Crippen molar-refractivity contribution in [2.24, 2.45) is 33.8 Å². The highest BCUT2D eigenvalue weighted by atomic mass is 16.5. The van der Waals surface area contributed by atoms with Gasteiger partial charge in [-0.05, 0) is 56.4 Å². The number of carbonyl (C=O) groups excluding carboxylic acids is 2. The Bertz CT molecular complexity index is 493. The van der Waals surface area contributed by atoms with E-state index in [1.165, 1.54) is 0 Å². The number of Topliss-reactive ketones (excluding diaryl/α,β-unsaturated/α-hetero) is 1. The van der Waals surface area contributed by atoms with Crippen LogP contribution in [0.5, 0.6) is 0 Å². The summed E-state index contributed by atoms with van der Waals surface area (Å²) < 4.78 is 5.33. The van der Waals surface area contributed by atoms with Crippen molar-refractivity contribution in [2.45, 2.75) is 87.2 Å². The lowest BCUT2D eigenvalue weighted by Gasteiger charge is -2.40. The minimum absolute atomic E-state index is 0. The number of carbonyl (C=O) groups is 2. The molecule has 0 heterocycles. The van der Waals surface area contributed by atoms with Crippen LogP contribution in [-0.4, -0.2) is 29.9 Å². The standard InChI is InChI=1S/C21H39NO3.H2O/c1-9-21(13-20(7,8)11-15(21)12-22)18(24)16(19(4,5)6)10-17(23)25-14(2)3;/h14-16H,9-13,22H2,1-8H3;1H2/t15-,16+,21?;/m0./s1. The number of esters is 1. The first kappa shape index (κ1) is 25.1. The third-order valence-electron chi connectivity index (χ3n) is 5.88. The molecule has 26 heavy (non-hydrogen) atoms. The first-order valence-corrected chi connectivity index (χ1v) is 9.73. The van der Waals surface area contributed by atoms with E-state index < -0.39 is 5.41 Å². The van der Waals surface area contributed by atoms with Crippen molar-refractivity contribution in [3.8, 4) is 0 Å². The van der Waals surface area contributed by atoms with Gasteiger partial charge in [0.25, 0.3) is 0 Å². The van der Waals surface area contributed by atoms with E-state index in [0.717, 1.165) is 19.3 Å². The van der Waals surface area contributed by atoms with Crippen molar-refractivity contribution >= 4 is 11.8 Å². The van der Waals surface area contributed by atoms with Crippen LogP contribution in [0.25, 0.3) is 0 Å². The highest BCUT2D eigenvalue weighted by molar-refractivity contribution is 5.91. The van der Waals surface area contributed by atoms with Crippen LogP contribution >= 0.6 is 0 Å². The molecular weight excluding hydrogens is 330 g/mol. The summed E-state index contributed by atoms with van der Waals surface area (Å²) in [7, 11) is 0.